The molecule has 0 saturated carbocycles. The Morgan fingerprint density at radius 1 is 1.32 bits per heavy atom. The summed E-state index contributed by atoms with van der Waals surface area (Å²) in [7, 11) is 0. The van der Waals surface area contributed by atoms with Gasteiger partial charge in [0.1, 0.15) is 24.0 Å². The molecule has 7 heteroatoms. The van der Waals surface area contributed by atoms with Crippen LogP contribution in [0.3, 0.4) is 0 Å². The van der Waals surface area contributed by atoms with Crippen LogP contribution >= 0.6 is 11.3 Å². The maximum absolute atomic E-state index is 13.0. The van der Waals surface area contributed by atoms with E-state index in [2.05, 4.69) is 0 Å². The molecular formula is C12H10F2N2O2S. The largest absolute Gasteiger partial charge is 0.489 e. The maximum Gasteiger partial charge on any atom is 0.275 e. The van der Waals surface area contributed by atoms with Crippen molar-refractivity contribution < 1.29 is 18.3 Å². The van der Waals surface area contributed by atoms with E-state index in [1.807, 2.05) is 5.43 Å². The third-order valence-corrected chi connectivity index (χ3v) is 3.27. The number of nitrogens with two attached hydrogens (primary N) is 1. The number of rotatable bonds is 4. The van der Waals surface area contributed by atoms with Crippen LogP contribution in [-0.4, -0.2) is 5.91 Å². The SMILES string of the molecule is NNC(=O)c1sccc1COc1cc(F)cc(F)c1. The minimum absolute atomic E-state index is 0.0230. The highest BCUT2D eigenvalue weighted by atomic mass is 32.1. The van der Waals surface area contributed by atoms with Crippen LogP contribution in [0.1, 0.15) is 15.2 Å². The number of amides is 1. The van der Waals surface area contributed by atoms with Crippen molar-refractivity contribution in [2.45, 2.75) is 6.61 Å². The summed E-state index contributed by atoms with van der Waals surface area (Å²) in [6.45, 7) is 0.0230. The van der Waals surface area contributed by atoms with Gasteiger partial charge in [-0.2, -0.15) is 0 Å². The van der Waals surface area contributed by atoms with Crippen LogP contribution in [-0.2, 0) is 6.61 Å². The summed E-state index contributed by atoms with van der Waals surface area (Å²) in [4.78, 5) is 11.8. The van der Waals surface area contributed by atoms with E-state index in [0.29, 0.717) is 10.4 Å². The molecule has 1 heterocycles. The van der Waals surface area contributed by atoms with Gasteiger partial charge < -0.3 is 4.74 Å². The standard InChI is InChI=1S/C12H10F2N2O2S/c13-8-3-9(14)5-10(4-8)18-6-7-1-2-19-11(7)12(17)16-15/h1-5H,6,15H2,(H,16,17). The normalized spacial score (nSPS) is 10.3. The van der Waals surface area contributed by atoms with E-state index in [4.69, 9.17) is 10.6 Å². The number of thiophene rings is 1. The highest BCUT2D eigenvalue weighted by molar-refractivity contribution is 7.12. The van der Waals surface area contributed by atoms with Gasteiger partial charge in [-0.15, -0.1) is 11.3 Å². The Hall–Kier alpha value is -1.99. The number of carbonyl (C=O) groups excluding carboxylic acids is 1. The molecule has 0 unspecified atom stereocenters. The predicted molar refractivity (Wildman–Crippen MR) is 66.7 cm³/mol. The predicted octanol–water partition coefficient (Wildman–Crippen LogP) is 2.21. The van der Waals surface area contributed by atoms with Crippen molar-refractivity contribution in [3.05, 3.63) is 51.7 Å². The van der Waals surface area contributed by atoms with E-state index < -0.39 is 17.5 Å². The number of nitrogen functional groups attached to an aromatic ring is 1. The first-order chi connectivity index (χ1) is 9.10. The van der Waals surface area contributed by atoms with Crippen LogP contribution in [0.15, 0.2) is 29.6 Å². The molecule has 0 spiro atoms. The van der Waals surface area contributed by atoms with Gasteiger partial charge in [0.25, 0.3) is 5.91 Å². The van der Waals surface area contributed by atoms with Crippen molar-refractivity contribution in [1.29, 1.82) is 0 Å². The van der Waals surface area contributed by atoms with Crippen molar-refractivity contribution in [3.63, 3.8) is 0 Å². The van der Waals surface area contributed by atoms with Crippen molar-refractivity contribution in [2.75, 3.05) is 0 Å². The number of hydrazine groups is 1. The van der Waals surface area contributed by atoms with Gasteiger partial charge in [-0.1, -0.05) is 0 Å². The van der Waals surface area contributed by atoms with E-state index in [-0.39, 0.29) is 12.4 Å². The Balaban J connectivity index is 2.10. The van der Waals surface area contributed by atoms with Gasteiger partial charge >= 0.3 is 0 Å². The minimum Gasteiger partial charge on any atom is -0.489 e. The molecule has 0 aliphatic heterocycles. The third-order valence-electron chi connectivity index (χ3n) is 2.31. The van der Waals surface area contributed by atoms with Crippen LogP contribution in [0, 0.1) is 11.6 Å². The zero-order valence-corrected chi connectivity index (χ0v) is 10.5. The minimum atomic E-state index is -0.722. The van der Waals surface area contributed by atoms with Crippen LogP contribution < -0.4 is 16.0 Å². The molecule has 100 valence electrons. The van der Waals surface area contributed by atoms with Gasteiger partial charge in [0.2, 0.25) is 0 Å². The third kappa shape index (κ3) is 3.27. The first kappa shape index (κ1) is 13.4. The molecule has 1 amide bonds. The maximum atomic E-state index is 13.0. The van der Waals surface area contributed by atoms with Gasteiger partial charge in [0, 0.05) is 23.8 Å². The van der Waals surface area contributed by atoms with Gasteiger partial charge in [0.05, 0.1) is 4.88 Å². The molecular weight excluding hydrogens is 274 g/mol. The average molecular weight is 284 g/mol. The fraction of sp³-hybridized carbons (Fsp3) is 0.0833. The average Bonchev–Trinajstić information content (AvgIpc) is 2.82. The van der Waals surface area contributed by atoms with Crippen molar-refractivity contribution in [3.8, 4) is 5.75 Å². The zero-order chi connectivity index (χ0) is 13.8. The Morgan fingerprint density at radius 2 is 2.00 bits per heavy atom. The smallest absolute Gasteiger partial charge is 0.275 e. The molecule has 2 aromatic rings. The highest BCUT2D eigenvalue weighted by Crippen LogP contribution is 2.21. The lowest BCUT2D eigenvalue weighted by molar-refractivity contribution is 0.0955. The molecule has 0 aliphatic carbocycles. The lowest BCUT2D eigenvalue weighted by atomic mass is 10.2. The Labute approximate surface area is 111 Å². The van der Waals surface area contributed by atoms with E-state index in [9.17, 15) is 13.6 Å². The summed E-state index contributed by atoms with van der Waals surface area (Å²) in [5, 5.41) is 1.70. The highest BCUT2D eigenvalue weighted by Gasteiger charge is 2.12. The Kier molecular flexibility index (Phi) is 4.08. The van der Waals surface area contributed by atoms with Crippen molar-refractivity contribution >= 4 is 17.2 Å². The molecule has 0 bridgehead atoms. The molecule has 3 N–H and O–H groups in total. The van der Waals surface area contributed by atoms with E-state index in [1.54, 1.807) is 11.4 Å². The topological polar surface area (TPSA) is 64.3 Å². The number of carbonyl (C=O) groups is 1. The molecule has 1 aromatic heterocycles. The van der Waals surface area contributed by atoms with E-state index in [1.165, 1.54) is 11.3 Å². The van der Waals surface area contributed by atoms with Crippen molar-refractivity contribution in [1.82, 2.24) is 5.43 Å². The number of hydrogen-bond acceptors (Lipinski definition) is 4. The zero-order valence-electron chi connectivity index (χ0n) is 9.65. The Morgan fingerprint density at radius 3 is 2.63 bits per heavy atom. The lowest BCUT2D eigenvalue weighted by Crippen LogP contribution is -2.30. The fourth-order valence-electron chi connectivity index (χ4n) is 1.49. The summed E-state index contributed by atoms with van der Waals surface area (Å²) in [5.74, 6) is 3.23. The van der Waals surface area contributed by atoms with Gasteiger partial charge in [-0.25, -0.2) is 14.6 Å². The van der Waals surface area contributed by atoms with Gasteiger partial charge in [-0.05, 0) is 11.4 Å². The summed E-state index contributed by atoms with van der Waals surface area (Å²) >= 11 is 1.20. The van der Waals surface area contributed by atoms with Crippen LogP contribution in [0.2, 0.25) is 0 Å². The first-order valence-corrected chi connectivity index (χ1v) is 6.14. The number of hydrogen-bond donors (Lipinski definition) is 2. The monoisotopic (exact) mass is 284 g/mol. The number of benzene rings is 1. The summed E-state index contributed by atoms with van der Waals surface area (Å²) in [6.07, 6.45) is 0. The molecule has 0 radical (unpaired) electrons. The Bertz CT molecular complexity index is 581. The number of halogens is 2. The molecule has 1 aromatic carbocycles. The second-order valence-electron chi connectivity index (χ2n) is 3.64. The molecule has 0 saturated heterocycles. The molecule has 2 rings (SSSR count). The molecule has 0 aliphatic rings. The fourth-order valence-corrected chi connectivity index (χ4v) is 2.30. The number of ether oxygens (including phenoxy) is 1. The molecule has 4 nitrogen and oxygen atoms in total. The lowest BCUT2D eigenvalue weighted by Gasteiger charge is -2.07. The van der Waals surface area contributed by atoms with Gasteiger partial charge in [0.15, 0.2) is 0 Å². The van der Waals surface area contributed by atoms with Crippen LogP contribution in [0.5, 0.6) is 5.75 Å². The molecule has 0 atom stereocenters. The second-order valence-corrected chi connectivity index (χ2v) is 4.56. The van der Waals surface area contributed by atoms with Crippen LogP contribution in [0.25, 0.3) is 0 Å². The number of nitrogens with one attached hydrogen (secondary N) is 1. The summed E-state index contributed by atoms with van der Waals surface area (Å²) in [6, 6.07) is 4.58. The first-order valence-electron chi connectivity index (χ1n) is 5.26. The molecule has 19 heavy (non-hydrogen) atoms. The van der Waals surface area contributed by atoms with Gasteiger partial charge in [-0.3, -0.25) is 10.2 Å². The van der Waals surface area contributed by atoms with Crippen molar-refractivity contribution in [2.24, 2.45) is 5.84 Å². The van der Waals surface area contributed by atoms with E-state index >= 15 is 0 Å². The molecule has 0 fully saturated rings. The van der Waals surface area contributed by atoms with Crippen LogP contribution in [0.4, 0.5) is 8.78 Å². The summed E-state index contributed by atoms with van der Waals surface area (Å²) in [5.41, 5.74) is 2.62. The second kappa shape index (κ2) is 5.77. The summed E-state index contributed by atoms with van der Waals surface area (Å²) < 4.78 is 31.2. The quantitative estimate of drug-likeness (QED) is 0.514. The van der Waals surface area contributed by atoms with E-state index in [0.717, 1.165) is 18.2 Å².